The summed E-state index contributed by atoms with van der Waals surface area (Å²) in [6, 6.07) is 5.38. The number of hydrogen-bond acceptors (Lipinski definition) is 6. The number of rotatable bonds is 11. The molecule has 9 nitrogen and oxygen atoms in total. The molecule has 1 fully saturated rings. The maximum atomic E-state index is 13.1. The van der Waals surface area contributed by atoms with Crippen LogP contribution in [0, 0.1) is 11.8 Å². The van der Waals surface area contributed by atoms with E-state index < -0.39 is 46.3 Å². The number of nitrogens with one attached hydrogen (secondary N) is 3. The molecule has 0 aromatic heterocycles. The molecule has 1 aromatic carbocycles. The quantitative estimate of drug-likeness (QED) is 0.384. The minimum atomic E-state index is -3.92. The van der Waals surface area contributed by atoms with Crippen molar-refractivity contribution in [2.75, 3.05) is 6.61 Å². The van der Waals surface area contributed by atoms with Crippen LogP contribution in [0.1, 0.15) is 47.0 Å². The number of carbonyl (C=O) groups is 2. The van der Waals surface area contributed by atoms with Crippen molar-refractivity contribution in [3.8, 4) is 0 Å². The van der Waals surface area contributed by atoms with Crippen molar-refractivity contribution in [2.24, 2.45) is 11.8 Å². The Morgan fingerprint density at radius 1 is 1.03 bits per heavy atom. The average molecular weight is 470 g/mol. The van der Waals surface area contributed by atoms with E-state index in [1.165, 1.54) is 12.1 Å². The number of aliphatic hydroxyl groups excluding tert-OH is 1. The predicted octanol–water partition coefficient (Wildman–Crippen LogP) is 1.13. The number of sulfonamides is 1. The second kappa shape index (κ2) is 11.7. The van der Waals surface area contributed by atoms with Crippen molar-refractivity contribution >= 4 is 21.8 Å². The van der Waals surface area contributed by atoms with Gasteiger partial charge in [-0.25, -0.2) is 8.42 Å². The molecule has 1 aromatic rings. The van der Waals surface area contributed by atoms with Gasteiger partial charge in [-0.2, -0.15) is 4.72 Å². The SMILES string of the molecule is CC(C)CC(NC(=O)C(CC(C)C)NS(=O)(=O)c1ccccc1)C(=O)NC1CCOC1O. The van der Waals surface area contributed by atoms with Crippen LogP contribution in [0.5, 0.6) is 0 Å². The summed E-state index contributed by atoms with van der Waals surface area (Å²) in [7, 11) is -3.92. The Balaban J connectivity index is 2.15. The van der Waals surface area contributed by atoms with Gasteiger partial charge in [0.2, 0.25) is 21.8 Å². The molecule has 4 N–H and O–H groups in total. The summed E-state index contributed by atoms with van der Waals surface area (Å²) >= 11 is 0. The van der Waals surface area contributed by atoms with Gasteiger partial charge in [0.05, 0.1) is 17.5 Å². The van der Waals surface area contributed by atoms with E-state index in [1.54, 1.807) is 18.2 Å². The Morgan fingerprint density at radius 2 is 1.62 bits per heavy atom. The van der Waals surface area contributed by atoms with Gasteiger partial charge in [0, 0.05) is 0 Å². The number of carbonyl (C=O) groups excluding carboxylic acids is 2. The normalized spacial score (nSPS) is 20.8. The van der Waals surface area contributed by atoms with Gasteiger partial charge in [-0.05, 0) is 43.2 Å². The largest absolute Gasteiger partial charge is 0.366 e. The lowest BCUT2D eigenvalue weighted by molar-refractivity contribution is -0.132. The molecule has 0 saturated carbocycles. The average Bonchev–Trinajstić information content (AvgIpc) is 3.11. The first-order chi connectivity index (χ1) is 15.0. The second-order valence-corrected chi connectivity index (χ2v) is 10.7. The van der Waals surface area contributed by atoms with Crippen LogP contribution in [0.4, 0.5) is 0 Å². The van der Waals surface area contributed by atoms with Crippen molar-refractivity contribution < 1.29 is 27.9 Å². The summed E-state index contributed by atoms with van der Waals surface area (Å²) in [6.07, 6.45) is 0.0208. The molecule has 1 heterocycles. The number of benzene rings is 1. The van der Waals surface area contributed by atoms with Crippen LogP contribution in [-0.4, -0.2) is 56.4 Å². The van der Waals surface area contributed by atoms with E-state index in [4.69, 9.17) is 4.74 Å². The van der Waals surface area contributed by atoms with E-state index in [2.05, 4.69) is 15.4 Å². The maximum Gasteiger partial charge on any atom is 0.242 e. The number of hydrogen-bond donors (Lipinski definition) is 4. The zero-order chi connectivity index (χ0) is 23.9. The van der Waals surface area contributed by atoms with E-state index in [0.717, 1.165) is 0 Å². The summed E-state index contributed by atoms with van der Waals surface area (Å²) in [6.45, 7) is 7.95. The minimum absolute atomic E-state index is 0.0346. The van der Waals surface area contributed by atoms with Gasteiger partial charge < -0.3 is 20.5 Å². The Kier molecular flexibility index (Phi) is 9.63. The van der Waals surface area contributed by atoms with Crippen LogP contribution in [0.3, 0.4) is 0 Å². The first kappa shape index (κ1) is 26.2. The van der Waals surface area contributed by atoms with Crippen LogP contribution >= 0.6 is 0 Å². The van der Waals surface area contributed by atoms with Crippen LogP contribution < -0.4 is 15.4 Å². The summed E-state index contributed by atoms with van der Waals surface area (Å²) in [5.74, 6) is -0.870. The van der Waals surface area contributed by atoms with E-state index in [-0.39, 0.29) is 23.2 Å². The monoisotopic (exact) mass is 469 g/mol. The van der Waals surface area contributed by atoms with Crippen LogP contribution in [0.25, 0.3) is 0 Å². The zero-order valence-electron chi connectivity index (χ0n) is 19.1. The van der Waals surface area contributed by atoms with Gasteiger partial charge in [-0.1, -0.05) is 45.9 Å². The third-order valence-corrected chi connectivity index (χ3v) is 6.59. The number of aliphatic hydroxyl groups is 1. The molecule has 1 aliphatic rings. The molecular weight excluding hydrogens is 434 g/mol. The Bertz CT molecular complexity index is 860. The molecule has 2 rings (SSSR count). The lowest BCUT2D eigenvalue weighted by Crippen LogP contribution is -2.56. The molecule has 0 spiro atoms. The molecule has 0 radical (unpaired) electrons. The lowest BCUT2D eigenvalue weighted by atomic mass is 10.0. The Hall–Kier alpha value is -2.01. The fraction of sp³-hybridized carbons (Fsp3) is 0.636. The summed E-state index contributed by atoms with van der Waals surface area (Å²) in [4.78, 5) is 26.0. The molecule has 1 saturated heterocycles. The molecule has 180 valence electrons. The lowest BCUT2D eigenvalue weighted by Gasteiger charge is -2.26. The smallest absolute Gasteiger partial charge is 0.242 e. The van der Waals surface area contributed by atoms with Crippen LogP contribution in [0.15, 0.2) is 35.2 Å². The number of ether oxygens (including phenoxy) is 1. The van der Waals surface area contributed by atoms with Crippen molar-refractivity contribution in [2.45, 2.75) is 76.3 Å². The highest BCUT2D eigenvalue weighted by molar-refractivity contribution is 7.89. The van der Waals surface area contributed by atoms with Gasteiger partial charge in [0.1, 0.15) is 12.1 Å². The van der Waals surface area contributed by atoms with Gasteiger partial charge in [-0.3, -0.25) is 9.59 Å². The highest BCUT2D eigenvalue weighted by Crippen LogP contribution is 2.15. The van der Waals surface area contributed by atoms with Gasteiger partial charge in [-0.15, -0.1) is 0 Å². The van der Waals surface area contributed by atoms with E-state index >= 15 is 0 Å². The van der Waals surface area contributed by atoms with E-state index in [0.29, 0.717) is 19.4 Å². The fourth-order valence-electron chi connectivity index (χ4n) is 3.51. The van der Waals surface area contributed by atoms with Crippen molar-refractivity contribution in [3.63, 3.8) is 0 Å². The third kappa shape index (κ3) is 7.84. The molecule has 0 aliphatic carbocycles. The van der Waals surface area contributed by atoms with Gasteiger partial charge in [0.15, 0.2) is 6.29 Å². The zero-order valence-corrected chi connectivity index (χ0v) is 19.9. The van der Waals surface area contributed by atoms with Crippen LogP contribution in [-0.2, 0) is 24.3 Å². The summed E-state index contributed by atoms with van der Waals surface area (Å²) in [5.41, 5.74) is 0. The van der Waals surface area contributed by atoms with E-state index in [1.807, 2.05) is 27.7 Å². The summed E-state index contributed by atoms with van der Waals surface area (Å²) < 4.78 is 33.1. The Labute approximate surface area is 190 Å². The molecule has 0 bridgehead atoms. The molecule has 32 heavy (non-hydrogen) atoms. The van der Waals surface area contributed by atoms with Crippen molar-refractivity contribution in [1.82, 2.24) is 15.4 Å². The topological polar surface area (TPSA) is 134 Å². The van der Waals surface area contributed by atoms with Crippen molar-refractivity contribution in [1.29, 1.82) is 0 Å². The first-order valence-corrected chi connectivity index (χ1v) is 12.5. The molecular formula is C22H35N3O6S. The fourth-order valence-corrected chi connectivity index (χ4v) is 4.74. The van der Waals surface area contributed by atoms with E-state index in [9.17, 15) is 23.1 Å². The minimum Gasteiger partial charge on any atom is -0.366 e. The first-order valence-electron chi connectivity index (χ1n) is 11.0. The molecule has 4 unspecified atom stereocenters. The van der Waals surface area contributed by atoms with Crippen molar-refractivity contribution in [3.05, 3.63) is 30.3 Å². The standard InChI is InChI=1S/C22H35N3O6S/c1-14(2)12-18(20(26)23-17-10-11-31-22(17)28)24-21(27)19(13-15(3)4)25-32(29,30)16-8-6-5-7-9-16/h5-9,14-15,17-19,22,25,28H,10-13H2,1-4H3,(H,23,26)(H,24,27). The predicted molar refractivity (Wildman–Crippen MR) is 120 cm³/mol. The third-order valence-electron chi connectivity index (χ3n) is 5.10. The molecule has 2 amide bonds. The molecule has 1 aliphatic heterocycles. The highest BCUT2D eigenvalue weighted by Gasteiger charge is 2.33. The number of amides is 2. The summed E-state index contributed by atoms with van der Waals surface area (Å²) in [5, 5.41) is 15.2. The van der Waals surface area contributed by atoms with Gasteiger partial charge in [0.25, 0.3) is 0 Å². The molecule has 10 heteroatoms. The van der Waals surface area contributed by atoms with Gasteiger partial charge >= 0.3 is 0 Å². The molecule has 4 atom stereocenters. The van der Waals surface area contributed by atoms with Crippen LogP contribution in [0.2, 0.25) is 0 Å². The Morgan fingerprint density at radius 3 is 2.16 bits per heavy atom. The second-order valence-electron chi connectivity index (χ2n) is 8.97. The highest BCUT2D eigenvalue weighted by atomic mass is 32.2. The maximum absolute atomic E-state index is 13.1.